The van der Waals surface area contributed by atoms with Gasteiger partial charge in [-0.2, -0.15) is 0 Å². The Bertz CT molecular complexity index is 362. The van der Waals surface area contributed by atoms with Gasteiger partial charge in [-0.25, -0.2) is 0 Å². The Morgan fingerprint density at radius 2 is 1.83 bits per heavy atom. The largest absolute Gasteiger partial charge is 0.369 e. The lowest BCUT2D eigenvalue weighted by atomic mass is 9.92. The van der Waals surface area contributed by atoms with Crippen molar-refractivity contribution >= 4 is 17.7 Å². The Balaban J connectivity index is 1.87. The van der Waals surface area contributed by atoms with Crippen molar-refractivity contribution in [2.24, 2.45) is 17.6 Å². The molecule has 2 aliphatic heterocycles. The molecule has 2 rings (SSSR count). The van der Waals surface area contributed by atoms with Gasteiger partial charge in [-0.3, -0.25) is 14.4 Å². The molecule has 0 radical (unpaired) electrons. The number of nitrogens with two attached hydrogens (primary N) is 1. The Morgan fingerprint density at radius 1 is 1.17 bits per heavy atom. The fourth-order valence-electron chi connectivity index (χ4n) is 2.64. The number of nitrogens with zero attached hydrogens (tertiary/aromatic N) is 1. The molecular weight excluding hydrogens is 234 g/mol. The molecule has 100 valence electrons. The summed E-state index contributed by atoms with van der Waals surface area (Å²) in [4.78, 5) is 36.3. The van der Waals surface area contributed by atoms with Crippen LogP contribution in [-0.2, 0) is 14.4 Å². The number of hydrogen-bond donors (Lipinski definition) is 2. The van der Waals surface area contributed by atoms with Gasteiger partial charge in [0.2, 0.25) is 17.7 Å². The monoisotopic (exact) mass is 253 g/mol. The van der Waals surface area contributed by atoms with Crippen LogP contribution < -0.4 is 11.1 Å². The van der Waals surface area contributed by atoms with Gasteiger partial charge >= 0.3 is 0 Å². The fraction of sp³-hybridized carbons (Fsp3) is 0.750. The van der Waals surface area contributed by atoms with Gasteiger partial charge in [0.25, 0.3) is 0 Å². The van der Waals surface area contributed by atoms with Gasteiger partial charge < -0.3 is 16.0 Å². The summed E-state index contributed by atoms with van der Waals surface area (Å²) in [5.41, 5.74) is 5.25. The van der Waals surface area contributed by atoms with E-state index in [1.165, 1.54) is 0 Å². The number of piperidine rings is 2. The first-order valence-electron chi connectivity index (χ1n) is 6.42. The van der Waals surface area contributed by atoms with E-state index in [0.29, 0.717) is 38.9 Å². The van der Waals surface area contributed by atoms with Gasteiger partial charge in [-0.15, -0.1) is 0 Å². The second kappa shape index (κ2) is 5.37. The van der Waals surface area contributed by atoms with E-state index in [-0.39, 0.29) is 36.0 Å². The van der Waals surface area contributed by atoms with E-state index < -0.39 is 0 Å². The van der Waals surface area contributed by atoms with Crippen molar-refractivity contribution in [2.45, 2.75) is 25.7 Å². The predicted octanol–water partition coefficient (Wildman–Crippen LogP) is -0.763. The van der Waals surface area contributed by atoms with E-state index >= 15 is 0 Å². The lowest BCUT2D eigenvalue weighted by Crippen LogP contribution is -2.47. The molecule has 0 aromatic heterocycles. The topological polar surface area (TPSA) is 92.5 Å². The molecule has 2 heterocycles. The molecular formula is C12H19N3O3. The van der Waals surface area contributed by atoms with Crippen LogP contribution in [0.5, 0.6) is 0 Å². The number of amides is 3. The minimum Gasteiger partial charge on any atom is -0.369 e. The van der Waals surface area contributed by atoms with E-state index in [9.17, 15) is 14.4 Å². The normalized spacial score (nSPS) is 25.7. The summed E-state index contributed by atoms with van der Waals surface area (Å²) >= 11 is 0. The summed E-state index contributed by atoms with van der Waals surface area (Å²) in [7, 11) is 0. The predicted molar refractivity (Wildman–Crippen MR) is 64.2 cm³/mol. The molecule has 6 heteroatoms. The van der Waals surface area contributed by atoms with E-state index in [1.807, 2.05) is 0 Å². The summed E-state index contributed by atoms with van der Waals surface area (Å²) in [6, 6.07) is 0. The molecule has 1 atom stereocenters. The number of primary amides is 1. The van der Waals surface area contributed by atoms with Crippen molar-refractivity contribution in [1.29, 1.82) is 0 Å². The van der Waals surface area contributed by atoms with E-state index in [0.717, 1.165) is 0 Å². The van der Waals surface area contributed by atoms with Crippen molar-refractivity contribution in [3.8, 4) is 0 Å². The van der Waals surface area contributed by atoms with Crippen molar-refractivity contribution < 1.29 is 14.4 Å². The molecule has 3 amide bonds. The molecule has 2 saturated heterocycles. The summed E-state index contributed by atoms with van der Waals surface area (Å²) in [6.45, 7) is 1.72. The van der Waals surface area contributed by atoms with Crippen LogP contribution in [0.3, 0.4) is 0 Å². The number of carbonyl (C=O) groups is 3. The first kappa shape index (κ1) is 12.9. The maximum Gasteiger partial charge on any atom is 0.226 e. The number of likely N-dealkylation sites (tertiary alicyclic amines) is 1. The third kappa shape index (κ3) is 2.80. The molecule has 0 saturated carbocycles. The molecule has 18 heavy (non-hydrogen) atoms. The van der Waals surface area contributed by atoms with Crippen molar-refractivity contribution in [3.05, 3.63) is 0 Å². The van der Waals surface area contributed by atoms with Crippen molar-refractivity contribution in [3.63, 3.8) is 0 Å². The SMILES string of the molecule is NC(=O)C1CCN(C(=O)C2CCNC(=O)C2)CC1. The van der Waals surface area contributed by atoms with Crippen LogP contribution in [0.15, 0.2) is 0 Å². The average Bonchev–Trinajstić information content (AvgIpc) is 2.38. The van der Waals surface area contributed by atoms with Gasteiger partial charge in [0, 0.05) is 37.9 Å². The van der Waals surface area contributed by atoms with Crippen LogP contribution in [0.1, 0.15) is 25.7 Å². The van der Waals surface area contributed by atoms with Gasteiger partial charge in [0.05, 0.1) is 0 Å². The van der Waals surface area contributed by atoms with Crippen LogP contribution >= 0.6 is 0 Å². The van der Waals surface area contributed by atoms with Gasteiger partial charge in [0.1, 0.15) is 0 Å². The highest BCUT2D eigenvalue weighted by Gasteiger charge is 2.32. The molecule has 3 N–H and O–H groups in total. The molecule has 0 aliphatic carbocycles. The minimum absolute atomic E-state index is 0.0489. The van der Waals surface area contributed by atoms with Crippen LogP contribution in [0, 0.1) is 11.8 Å². The van der Waals surface area contributed by atoms with Crippen LogP contribution in [0.2, 0.25) is 0 Å². The molecule has 0 aromatic rings. The molecule has 0 aromatic carbocycles. The fourth-order valence-corrected chi connectivity index (χ4v) is 2.64. The van der Waals surface area contributed by atoms with Crippen LogP contribution in [0.4, 0.5) is 0 Å². The Morgan fingerprint density at radius 3 is 2.39 bits per heavy atom. The highest BCUT2D eigenvalue weighted by Crippen LogP contribution is 2.21. The summed E-state index contributed by atoms with van der Waals surface area (Å²) in [5, 5.41) is 2.72. The zero-order valence-corrected chi connectivity index (χ0v) is 10.4. The van der Waals surface area contributed by atoms with Crippen LogP contribution in [-0.4, -0.2) is 42.3 Å². The number of carbonyl (C=O) groups excluding carboxylic acids is 3. The maximum absolute atomic E-state index is 12.2. The van der Waals surface area contributed by atoms with E-state index in [2.05, 4.69) is 5.32 Å². The van der Waals surface area contributed by atoms with Gasteiger partial charge in [0.15, 0.2) is 0 Å². The molecule has 2 aliphatic rings. The molecule has 2 fully saturated rings. The lowest BCUT2D eigenvalue weighted by Gasteiger charge is -2.34. The standard InChI is InChI=1S/C12H19N3O3/c13-11(17)8-2-5-15(6-3-8)12(18)9-1-4-14-10(16)7-9/h8-9H,1-7H2,(H2,13,17)(H,14,16). The Kier molecular flexibility index (Phi) is 3.84. The van der Waals surface area contributed by atoms with Crippen molar-refractivity contribution in [1.82, 2.24) is 10.2 Å². The second-order valence-electron chi connectivity index (χ2n) is 5.04. The number of nitrogens with one attached hydrogen (secondary N) is 1. The highest BCUT2D eigenvalue weighted by molar-refractivity contribution is 5.87. The quantitative estimate of drug-likeness (QED) is 0.677. The minimum atomic E-state index is -0.279. The van der Waals surface area contributed by atoms with Crippen molar-refractivity contribution in [2.75, 3.05) is 19.6 Å². The first-order valence-corrected chi connectivity index (χ1v) is 6.42. The zero-order chi connectivity index (χ0) is 13.1. The number of rotatable bonds is 2. The molecule has 0 bridgehead atoms. The zero-order valence-electron chi connectivity index (χ0n) is 10.4. The molecule has 6 nitrogen and oxygen atoms in total. The molecule has 0 spiro atoms. The van der Waals surface area contributed by atoms with E-state index in [4.69, 9.17) is 5.73 Å². The lowest BCUT2D eigenvalue weighted by molar-refractivity contribution is -0.142. The van der Waals surface area contributed by atoms with Crippen LogP contribution in [0.25, 0.3) is 0 Å². The first-order chi connectivity index (χ1) is 8.58. The van der Waals surface area contributed by atoms with E-state index in [1.54, 1.807) is 4.90 Å². The van der Waals surface area contributed by atoms with Gasteiger partial charge in [-0.05, 0) is 19.3 Å². The third-order valence-electron chi connectivity index (χ3n) is 3.81. The Hall–Kier alpha value is -1.59. The summed E-state index contributed by atoms with van der Waals surface area (Å²) in [5.74, 6) is -0.578. The summed E-state index contributed by atoms with van der Waals surface area (Å²) in [6.07, 6.45) is 2.27. The highest BCUT2D eigenvalue weighted by atomic mass is 16.2. The second-order valence-corrected chi connectivity index (χ2v) is 5.04. The smallest absolute Gasteiger partial charge is 0.226 e. The number of hydrogen-bond acceptors (Lipinski definition) is 3. The average molecular weight is 253 g/mol. The van der Waals surface area contributed by atoms with Gasteiger partial charge in [-0.1, -0.05) is 0 Å². The summed E-state index contributed by atoms with van der Waals surface area (Å²) < 4.78 is 0. The Labute approximate surface area is 106 Å². The maximum atomic E-state index is 12.2. The molecule has 1 unspecified atom stereocenters. The third-order valence-corrected chi connectivity index (χ3v) is 3.81.